The van der Waals surface area contributed by atoms with Crippen LogP contribution in [0.1, 0.15) is 30.2 Å². The maximum Gasteiger partial charge on any atom is 0.136 e. The average Bonchev–Trinajstić information content (AvgIpc) is 3.77. The number of rotatable bonds is 4. The van der Waals surface area contributed by atoms with Gasteiger partial charge in [-0.3, -0.25) is 0 Å². The number of hydrogen-bond donors (Lipinski definition) is 0. The fraction of sp³-hybridized carbons (Fsp3) is 0. The highest BCUT2D eigenvalue weighted by molar-refractivity contribution is 6.22. The van der Waals surface area contributed by atoms with Crippen LogP contribution >= 0.6 is 0 Å². The highest BCUT2D eigenvalue weighted by atomic mass is 16.3. The van der Waals surface area contributed by atoms with Gasteiger partial charge < -0.3 is 4.42 Å². The Kier molecular flexibility index (Phi) is 3.07. The van der Waals surface area contributed by atoms with E-state index in [1.807, 2.05) is 0 Å². The van der Waals surface area contributed by atoms with E-state index in [4.69, 9.17) is 25.0 Å². The quantitative estimate of drug-likeness (QED) is 0.174. The molecule has 0 N–H and O–H groups in total. The number of benzene rings is 9. The van der Waals surface area contributed by atoms with Crippen LogP contribution in [0.5, 0.6) is 0 Å². The molecule has 228 valence electrons. The summed E-state index contributed by atoms with van der Waals surface area (Å²) in [6.07, 6.45) is 0. The van der Waals surface area contributed by atoms with E-state index < -0.39 is 155 Å². The minimum Gasteiger partial charge on any atom is -0.456 e. The molecular formula is C48H30O. The molecule has 0 bridgehead atoms. The molecule has 1 heterocycles. The molecule has 0 aliphatic rings. The summed E-state index contributed by atoms with van der Waals surface area (Å²) in [6.45, 7) is 0. The first-order valence-corrected chi connectivity index (χ1v) is 15.1. The Bertz CT molecular complexity index is 3930. The Labute approximate surface area is 315 Å². The SMILES string of the molecule is [2H]c1c([2H])c([2H])c(-c2c([2H])c(-c3c([2H])c([2H])c([2H])c([2H])c3[2H])c([2H])c(-c3c4ccccc4c(-c4c([2H])c([2H])c5oc6c([2H])c7c([2H])c([2H])c([2H])c([2H])c7c([2H])c6c5c4[2H])c4ccccc34)c2[2H])c([2H])c1[2H]. The lowest BCUT2D eigenvalue weighted by Crippen LogP contribution is -1.92. The number of furan rings is 1. The van der Waals surface area contributed by atoms with Gasteiger partial charge in [-0.25, -0.2) is 0 Å². The van der Waals surface area contributed by atoms with Crippen molar-refractivity contribution in [2.45, 2.75) is 0 Å². The molecule has 1 nitrogen and oxygen atoms in total. The van der Waals surface area contributed by atoms with E-state index in [0.717, 1.165) is 0 Å². The summed E-state index contributed by atoms with van der Waals surface area (Å²) < 4.78 is 202. The Morgan fingerprint density at radius 1 is 0.327 bits per heavy atom. The van der Waals surface area contributed by atoms with Gasteiger partial charge in [-0.15, -0.1) is 0 Å². The lowest BCUT2D eigenvalue weighted by Gasteiger charge is -2.19. The molecule has 0 fully saturated rings. The van der Waals surface area contributed by atoms with Gasteiger partial charge in [-0.1, -0.05) is 139 Å². The molecule has 0 aliphatic heterocycles. The monoisotopic (exact) mass is 644 g/mol. The van der Waals surface area contributed by atoms with Gasteiger partial charge in [0.25, 0.3) is 0 Å². The van der Waals surface area contributed by atoms with Gasteiger partial charge >= 0.3 is 0 Å². The van der Waals surface area contributed by atoms with Gasteiger partial charge in [0.15, 0.2) is 0 Å². The molecule has 10 aromatic rings. The van der Waals surface area contributed by atoms with Crippen LogP contribution < -0.4 is 0 Å². The molecule has 0 saturated carbocycles. The molecular weight excluding hydrogens is 593 g/mol. The Morgan fingerprint density at radius 2 is 0.796 bits per heavy atom. The second-order valence-electron chi connectivity index (χ2n) is 11.1. The summed E-state index contributed by atoms with van der Waals surface area (Å²) >= 11 is 0. The molecule has 0 amide bonds. The van der Waals surface area contributed by atoms with E-state index in [1.54, 1.807) is 48.5 Å². The van der Waals surface area contributed by atoms with Crippen LogP contribution in [0.25, 0.3) is 98.8 Å². The fourth-order valence-electron chi connectivity index (χ4n) is 6.25. The van der Waals surface area contributed by atoms with Crippen LogP contribution in [0, 0.1) is 0 Å². The van der Waals surface area contributed by atoms with Crippen LogP contribution in [-0.4, -0.2) is 0 Å². The number of fused-ring (bicyclic) bond motifs is 6. The van der Waals surface area contributed by atoms with Crippen molar-refractivity contribution in [1.82, 2.24) is 0 Å². The van der Waals surface area contributed by atoms with Crippen LogP contribution in [0.3, 0.4) is 0 Å². The molecule has 49 heavy (non-hydrogen) atoms. The molecule has 0 spiro atoms. The zero-order chi connectivity index (χ0) is 51.5. The van der Waals surface area contributed by atoms with E-state index in [0.29, 0.717) is 0 Å². The summed E-state index contributed by atoms with van der Waals surface area (Å²) in [5.74, 6) is 0. The van der Waals surface area contributed by atoms with Gasteiger partial charge in [0.2, 0.25) is 0 Å². The van der Waals surface area contributed by atoms with Crippen molar-refractivity contribution in [3.63, 3.8) is 0 Å². The summed E-state index contributed by atoms with van der Waals surface area (Å²) in [5.41, 5.74) is -3.48. The van der Waals surface area contributed by atoms with E-state index in [2.05, 4.69) is 0 Å². The molecule has 0 saturated heterocycles. The molecule has 1 heteroatoms. The molecule has 0 radical (unpaired) electrons. The smallest absolute Gasteiger partial charge is 0.136 e. The van der Waals surface area contributed by atoms with Crippen molar-refractivity contribution >= 4 is 54.3 Å². The van der Waals surface area contributed by atoms with Crippen LogP contribution in [0.15, 0.2) is 186 Å². The third-order valence-corrected chi connectivity index (χ3v) is 8.32. The summed E-state index contributed by atoms with van der Waals surface area (Å²) in [5, 5.41) is -0.136. The lowest BCUT2D eigenvalue weighted by atomic mass is 9.84. The maximum absolute atomic E-state index is 9.89. The molecule has 1 aromatic heterocycles. The standard InChI is InChI=1S/C48H30O/c1-3-13-31(14-4-1)36-25-37(32-15-5-2-6-16-32)27-38(26-36)48-41-21-11-9-19-39(41)47(40-20-10-12-22-42(40)48)35-23-24-45-43(29-35)44-28-33-17-7-8-18-34(33)30-46(44)49-45/h1-30H/i1D,2D,3D,4D,5D,6D,7D,8D,13D,14D,15D,16D,17D,18D,23D,24D,25D,26D,27D,28D,29D,30D. The van der Waals surface area contributed by atoms with Gasteiger partial charge in [0.05, 0.1) is 30.2 Å². The van der Waals surface area contributed by atoms with Crippen LogP contribution in [-0.2, 0) is 0 Å². The van der Waals surface area contributed by atoms with Crippen molar-refractivity contribution in [1.29, 1.82) is 0 Å². The first-order chi connectivity index (χ1) is 33.5. The normalized spacial score (nSPS) is 18.0. The second-order valence-corrected chi connectivity index (χ2v) is 11.1. The summed E-state index contributed by atoms with van der Waals surface area (Å²) in [7, 11) is 0. The van der Waals surface area contributed by atoms with E-state index in [1.165, 1.54) is 0 Å². The van der Waals surface area contributed by atoms with Crippen molar-refractivity contribution in [3.8, 4) is 44.5 Å². The molecule has 10 rings (SSSR count). The van der Waals surface area contributed by atoms with Gasteiger partial charge in [0, 0.05) is 10.8 Å². The Morgan fingerprint density at radius 3 is 1.37 bits per heavy atom. The van der Waals surface area contributed by atoms with Gasteiger partial charge in [0.1, 0.15) is 11.2 Å². The predicted octanol–water partition coefficient (Wildman–Crippen LogP) is 13.7. The highest BCUT2D eigenvalue weighted by Gasteiger charge is 2.19. The van der Waals surface area contributed by atoms with E-state index in [9.17, 15) is 9.60 Å². The maximum atomic E-state index is 9.89. The van der Waals surface area contributed by atoms with Gasteiger partial charge in [-0.05, 0) is 119 Å². The predicted molar refractivity (Wildman–Crippen MR) is 208 cm³/mol. The van der Waals surface area contributed by atoms with Crippen molar-refractivity contribution < 1.29 is 34.6 Å². The molecule has 9 aromatic carbocycles. The van der Waals surface area contributed by atoms with Crippen LogP contribution in [0.2, 0.25) is 0 Å². The first-order valence-electron chi connectivity index (χ1n) is 26.1. The fourth-order valence-corrected chi connectivity index (χ4v) is 6.25. The zero-order valence-corrected chi connectivity index (χ0v) is 25.0. The first kappa shape index (κ1) is 13.6. The Hall–Kier alpha value is -6.44. The Balaban J connectivity index is 1.40. The minimum atomic E-state index is -0.833. The molecule has 0 unspecified atom stereocenters. The third-order valence-electron chi connectivity index (χ3n) is 8.32. The second kappa shape index (κ2) is 11.1. The van der Waals surface area contributed by atoms with E-state index >= 15 is 0 Å². The number of hydrogen-bond acceptors (Lipinski definition) is 1. The third kappa shape index (κ3) is 4.55. The van der Waals surface area contributed by atoms with E-state index in [-0.39, 0.29) is 76.5 Å². The van der Waals surface area contributed by atoms with Crippen molar-refractivity contribution in [2.24, 2.45) is 0 Å². The van der Waals surface area contributed by atoms with Crippen molar-refractivity contribution in [3.05, 3.63) is 181 Å². The summed E-state index contributed by atoms with van der Waals surface area (Å²) in [6, 6.07) is -2.63. The van der Waals surface area contributed by atoms with Crippen LogP contribution in [0.4, 0.5) is 0 Å². The largest absolute Gasteiger partial charge is 0.456 e. The lowest BCUT2D eigenvalue weighted by molar-refractivity contribution is 0.669. The van der Waals surface area contributed by atoms with Crippen molar-refractivity contribution in [2.75, 3.05) is 0 Å². The molecule has 0 aliphatic carbocycles. The zero-order valence-electron chi connectivity index (χ0n) is 47.0. The van der Waals surface area contributed by atoms with Gasteiger partial charge in [-0.2, -0.15) is 0 Å². The highest BCUT2D eigenvalue weighted by Crippen LogP contribution is 2.46. The minimum absolute atomic E-state index is 0.0593. The summed E-state index contributed by atoms with van der Waals surface area (Å²) in [4.78, 5) is 0. The molecule has 0 atom stereocenters. The topological polar surface area (TPSA) is 13.1 Å². The average molecular weight is 645 g/mol.